The number of pyridine rings is 2. The fraction of sp³-hybridized carbons (Fsp3) is 0.0909. The van der Waals surface area contributed by atoms with E-state index in [0.29, 0.717) is 11.3 Å². The number of rotatable bonds is 2. The Hall–Kier alpha value is -1.94. The number of nitrogens with two attached hydrogens (primary N) is 1. The third kappa shape index (κ3) is 1.94. The first kappa shape index (κ1) is 9.61. The molecule has 2 aromatic heterocycles. The van der Waals surface area contributed by atoms with Gasteiger partial charge in [0.25, 0.3) is 5.56 Å². The van der Waals surface area contributed by atoms with E-state index in [2.05, 4.69) is 9.97 Å². The van der Waals surface area contributed by atoms with Crippen molar-refractivity contribution in [2.75, 3.05) is 0 Å². The van der Waals surface area contributed by atoms with Crippen molar-refractivity contribution in [1.29, 1.82) is 0 Å². The van der Waals surface area contributed by atoms with Gasteiger partial charge < -0.3 is 10.7 Å². The van der Waals surface area contributed by atoms with Crippen LogP contribution in [0.2, 0.25) is 0 Å². The Kier molecular flexibility index (Phi) is 2.60. The third-order valence-electron chi connectivity index (χ3n) is 2.15. The molecule has 4 nitrogen and oxygen atoms in total. The molecule has 0 saturated heterocycles. The maximum absolute atomic E-state index is 11.5. The summed E-state index contributed by atoms with van der Waals surface area (Å²) in [6.45, 7) is 0.248. The van der Waals surface area contributed by atoms with Crippen LogP contribution in [0.25, 0.3) is 11.4 Å². The topological polar surface area (TPSA) is 71.8 Å². The summed E-state index contributed by atoms with van der Waals surface area (Å²) in [5.41, 5.74) is 7.28. The summed E-state index contributed by atoms with van der Waals surface area (Å²) >= 11 is 0. The summed E-state index contributed by atoms with van der Waals surface area (Å²) in [7, 11) is 0. The molecule has 0 bridgehead atoms. The van der Waals surface area contributed by atoms with Crippen molar-refractivity contribution in [1.82, 2.24) is 9.97 Å². The lowest BCUT2D eigenvalue weighted by Gasteiger charge is -2.01. The van der Waals surface area contributed by atoms with Gasteiger partial charge in [0.1, 0.15) is 0 Å². The third-order valence-corrected chi connectivity index (χ3v) is 2.15. The molecular formula is C11H11N3O. The lowest BCUT2D eigenvalue weighted by molar-refractivity contribution is 1.02. The van der Waals surface area contributed by atoms with Gasteiger partial charge in [0.05, 0.1) is 11.4 Å². The highest BCUT2D eigenvalue weighted by molar-refractivity contribution is 5.53. The molecule has 4 heteroatoms. The Morgan fingerprint density at radius 2 is 2.13 bits per heavy atom. The van der Waals surface area contributed by atoms with E-state index in [1.807, 2.05) is 24.3 Å². The number of nitrogens with zero attached hydrogens (tertiary/aromatic N) is 1. The second-order valence-electron chi connectivity index (χ2n) is 3.15. The fourth-order valence-electron chi connectivity index (χ4n) is 1.34. The van der Waals surface area contributed by atoms with E-state index >= 15 is 0 Å². The Bertz CT molecular complexity index is 505. The van der Waals surface area contributed by atoms with Gasteiger partial charge in [-0.2, -0.15) is 0 Å². The molecule has 3 N–H and O–H groups in total. The van der Waals surface area contributed by atoms with E-state index in [9.17, 15) is 4.79 Å². The summed E-state index contributed by atoms with van der Waals surface area (Å²) in [6.07, 6.45) is 1.69. The van der Waals surface area contributed by atoms with Gasteiger partial charge >= 0.3 is 0 Å². The number of hydrogen-bond donors (Lipinski definition) is 2. The molecule has 0 radical (unpaired) electrons. The predicted octanol–water partition coefficient (Wildman–Crippen LogP) is 0.896. The number of hydrogen-bond acceptors (Lipinski definition) is 3. The van der Waals surface area contributed by atoms with Crippen LogP contribution in [0.5, 0.6) is 0 Å². The zero-order valence-electron chi connectivity index (χ0n) is 8.10. The monoisotopic (exact) mass is 201 g/mol. The molecule has 76 valence electrons. The van der Waals surface area contributed by atoms with Crippen molar-refractivity contribution in [2.24, 2.45) is 5.73 Å². The maximum atomic E-state index is 11.5. The Labute approximate surface area is 86.8 Å². The molecule has 0 aromatic carbocycles. The van der Waals surface area contributed by atoms with Gasteiger partial charge in [-0.3, -0.25) is 9.78 Å². The van der Waals surface area contributed by atoms with Crippen LogP contribution in [-0.2, 0) is 6.54 Å². The van der Waals surface area contributed by atoms with Crippen LogP contribution in [0, 0.1) is 0 Å². The van der Waals surface area contributed by atoms with Gasteiger partial charge in [-0.05, 0) is 18.2 Å². The summed E-state index contributed by atoms with van der Waals surface area (Å²) in [4.78, 5) is 18.4. The molecule has 15 heavy (non-hydrogen) atoms. The standard InChI is InChI=1S/C11H11N3O/c12-7-8-4-5-10(14-11(8)15)9-3-1-2-6-13-9/h1-6H,7,12H2,(H,14,15). The first-order chi connectivity index (χ1) is 7.31. The zero-order valence-corrected chi connectivity index (χ0v) is 8.10. The number of H-pyrrole nitrogens is 1. The molecule has 0 aliphatic carbocycles. The van der Waals surface area contributed by atoms with Crippen LogP contribution in [-0.4, -0.2) is 9.97 Å². The normalized spacial score (nSPS) is 10.2. The Morgan fingerprint density at radius 3 is 2.73 bits per heavy atom. The largest absolute Gasteiger partial charge is 0.326 e. The van der Waals surface area contributed by atoms with E-state index in [0.717, 1.165) is 5.69 Å². The first-order valence-electron chi connectivity index (χ1n) is 4.65. The molecule has 2 aromatic rings. The molecule has 2 rings (SSSR count). The average Bonchev–Trinajstić information content (AvgIpc) is 2.30. The maximum Gasteiger partial charge on any atom is 0.252 e. The Morgan fingerprint density at radius 1 is 1.27 bits per heavy atom. The highest BCUT2D eigenvalue weighted by Gasteiger charge is 2.01. The molecular weight excluding hydrogens is 190 g/mol. The predicted molar refractivity (Wildman–Crippen MR) is 58.2 cm³/mol. The van der Waals surface area contributed by atoms with Crippen molar-refractivity contribution in [3.05, 3.63) is 52.4 Å². The summed E-state index contributed by atoms with van der Waals surface area (Å²) < 4.78 is 0. The van der Waals surface area contributed by atoms with Gasteiger partial charge in [-0.1, -0.05) is 12.1 Å². The van der Waals surface area contributed by atoms with Gasteiger partial charge in [-0.15, -0.1) is 0 Å². The van der Waals surface area contributed by atoms with Crippen LogP contribution in [0.3, 0.4) is 0 Å². The van der Waals surface area contributed by atoms with E-state index in [1.165, 1.54) is 0 Å². The minimum absolute atomic E-state index is 0.152. The highest BCUT2D eigenvalue weighted by Crippen LogP contribution is 2.10. The lowest BCUT2D eigenvalue weighted by atomic mass is 10.2. The van der Waals surface area contributed by atoms with E-state index in [-0.39, 0.29) is 12.1 Å². The van der Waals surface area contributed by atoms with Crippen molar-refractivity contribution >= 4 is 0 Å². The van der Waals surface area contributed by atoms with Crippen LogP contribution in [0.15, 0.2) is 41.3 Å². The minimum Gasteiger partial charge on any atom is -0.326 e. The summed E-state index contributed by atoms with van der Waals surface area (Å²) in [5, 5.41) is 0. The first-order valence-corrected chi connectivity index (χ1v) is 4.65. The molecule has 0 aliphatic rings. The molecule has 0 spiro atoms. The average molecular weight is 201 g/mol. The van der Waals surface area contributed by atoms with E-state index in [4.69, 9.17) is 5.73 Å². The fourth-order valence-corrected chi connectivity index (χ4v) is 1.34. The number of aromatic amines is 1. The number of aromatic nitrogens is 2. The van der Waals surface area contributed by atoms with Crippen molar-refractivity contribution < 1.29 is 0 Å². The zero-order chi connectivity index (χ0) is 10.7. The molecule has 2 heterocycles. The molecule has 0 fully saturated rings. The molecule has 0 atom stereocenters. The molecule has 0 unspecified atom stereocenters. The summed E-state index contributed by atoms with van der Waals surface area (Å²) in [6, 6.07) is 9.08. The van der Waals surface area contributed by atoms with Crippen LogP contribution in [0.1, 0.15) is 5.56 Å². The SMILES string of the molecule is NCc1ccc(-c2ccccn2)[nH]c1=O. The van der Waals surface area contributed by atoms with Crippen molar-refractivity contribution in [2.45, 2.75) is 6.54 Å². The minimum atomic E-state index is -0.152. The molecule has 0 aliphatic heterocycles. The lowest BCUT2D eigenvalue weighted by Crippen LogP contribution is -2.16. The van der Waals surface area contributed by atoms with Crippen LogP contribution >= 0.6 is 0 Å². The van der Waals surface area contributed by atoms with Crippen molar-refractivity contribution in [3.8, 4) is 11.4 Å². The molecule has 0 saturated carbocycles. The number of nitrogens with one attached hydrogen (secondary N) is 1. The van der Waals surface area contributed by atoms with Crippen LogP contribution in [0.4, 0.5) is 0 Å². The molecule has 0 amide bonds. The second-order valence-corrected chi connectivity index (χ2v) is 3.15. The van der Waals surface area contributed by atoms with Crippen LogP contribution < -0.4 is 11.3 Å². The van der Waals surface area contributed by atoms with Crippen molar-refractivity contribution in [3.63, 3.8) is 0 Å². The Balaban J connectivity index is 2.48. The van der Waals surface area contributed by atoms with E-state index in [1.54, 1.807) is 12.3 Å². The van der Waals surface area contributed by atoms with Gasteiger partial charge in [0.15, 0.2) is 0 Å². The van der Waals surface area contributed by atoms with E-state index < -0.39 is 0 Å². The van der Waals surface area contributed by atoms with Gasteiger partial charge in [0.2, 0.25) is 0 Å². The highest BCUT2D eigenvalue weighted by atomic mass is 16.1. The van der Waals surface area contributed by atoms with Gasteiger partial charge in [-0.25, -0.2) is 0 Å². The quantitative estimate of drug-likeness (QED) is 0.758. The summed E-state index contributed by atoms with van der Waals surface area (Å²) in [5.74, 6) is 0. The van der Waals surface area contributed by atoms with Gasteiger partial charge in [0, 0.05) is 18.3 Å². The smallest absolute Gasteiger partial charge is 0.252 e. The second kappa shape index (κ2) is 4.06.